The van der Waals surface area contributed by atoms with Gasteiger partial charge in [-0.25, -0.2) is 8.42 Å². The summed E-state index contributed by atoms with van der Waals surface area (Å²) in [6, 6.07) is 9.95. The van der Waals surface area contributed by atoms with Crippen LogP contribution in [0.2, 0.25) is 0 Å². The van der Waals surface area contributed by atoms with Gasteiger partial charge in [-0.1, -0.05) is 6.07 Å². The van der Waals surface area contributed by atoms with Gasteiger partial charge in [-0.2, -0.15) is 13.2 Å². The predicted octanol–water partition coefficient (Wildman–Crippen LogP) is 4.21. The van der Waals surface area contributed by atoms with Crippen LogP contribution in [-0.2, 0) is 16.2 Å². The molecule has 2 aliphatic heterocycles. The van der Waals surface area contributed by atoms with E-state index in [4.69, 9.17) is 0 Å². The summed E-state index contributed by atoms with van der Waals surface area (Å²) >= 11 is 0. The highest BCUT2D eigenvalue weighted by Crippen LogP contribution is 2.30. The monoisotopic (exact) mass is 481 g/mol. The lowest BCUT2D eigenvalue weighted by atomic mass is 10.0. The van der Waals surface area contributed by atoms with Crippen molar-refractivity contribution in [1.82, 2.24) is 9.80 Å². The minimum absolute atomic E-state index is 0.00344. The molecule has 2 fully saturated rings. The van der Waals surface area contributed by atoms with Gasteiger partial charge in [0, 0.05) is 30.4 Å². The summed E-state index contributed by atoms with van der Waals surface area (Å²) in [7, 11) is -4.08. The third-order valence-corrected chi connectivity index (χ3v) is 7.64. The number of likely N-dealkylation sites (tertiary alicyclic amines) is 2. The molecule has 2 saturated heterocycles. The number of halogens is 3. The van der Waals surface area contributed by atoms with Crippen LogP contribution >= 0.6 is 0 Å². The molecule has 33 heavy (non-hydrogen) atoms. The Hall–Kier alpha value is -2.59. The largest absolute Gasteiger partial charge is 0.416 e. The second-order valence-electron chi connectivity index (χ2n) is 8.47. The van der Waals surface area contributed by atoms with E-state index >= 15 is 0 Å². The zero-order valence-electron chi connectivity index (χ0n) is 18.0. The van der Waals surface area contributed by atoms with Crippen molar-refractivity contribution >= 4 is 21.6 Å². The first-order chi connectivity index (χ1) is 15.6. The smallest absolute Gasteiger partial charge is 0.339 e. The molecule has 0 saturated carbocycles. The van der Waals surface area contributed by atoms with E-state index in [-0.39, 0.29) is 22.1 Å². The second kappa shape index (κ2) is 9.34. The van der Waals surface area contributed by atoms with Crippen LogP contribution in [0.3, 0.4) is 0 Å². The Bertz CT molecular complexity index is 1090. The Morgan fingerprint density at radius 2 is 1.58 bits per heavy atom. The summed E-state index contributed by atoms with van der Waals surface area (Å²) in [5, 5.41) is 0. The first-order valence-electron chi connectivity index (χ1n) is 11.0. The van der Waals surface area contributed by atoms with E-state index in [0.717, 1.165) is 50.2 Å². The normalized spacial score (nSPS) is 18.5. The van der Waals surface area contributed by atoms with Gasteiger partial charge >= 0.3 is 6.18 Å². The quantitative estimate of drug-likeness (QED) is 0.695. The third-order valence-electron chi connectivity index (χ3n) is 6.26. The number of anilines is 1. The molecule has 1 N–H and O–H groups in total. The lowest BCUT2D eigenvalue weighted by Crippen LogP contribution is -2.45. The third kappa shape index (κ3) is 5.50. The Labute approximate surface area is 191 Å². The van der Waals surface area contributed by atoms with Crippen molar-refractivity contribution in [2.24, 2.45) is 0 Å². The van der Waals surface area contributed by atoms with Crippen molar-refractivity contribution in [3.05, 3.63) is 59.7 Å². The zero-order chi connectivity index (χ0) is 23.6. The van der Waals surface area contributed by atoms with Gasteiger partial charge in [0.15, 0.2) is 0 Å². The van der Waals surface area contributed by atoms with E-state index in [1.165, 1.54) is 31.0 Å². The standard InChI is InChI=1S/C23H26F3N3O3S/c24-23(25,26)18-6-8-19(9-7-18)27-33(31,32)21-5-3-4-17(16-21)22(30)29-14-10-20(11-15-29)28-12-1-2-13-28/h3-9,16,20,27H,1-2,10-15H2. The number of piperidine rings is 1. The van der Waals surface area contributed by atoms with Crippen molar-refractivity contribution in [3.8, 4) is 0 Å². The van der Waals surface area contributed by atoms with Crippen molar-refractivity contribution in [2.45, 2.75) is 42.8 Å². The van der Waals surface area contributed by atoms with Gasteiger partial charge in [0.05, 0.1) is 10.5 Å². The molecule has 4 rings (SSSR count). The summed E-state index contributed by atoms with van der Waals surface area (Å²) in [6.07, 6.45) is -0.255. The Morgan fingerprint density at radius 3 is 2.18 bits per heavy atom. The average molecular weight is 482 g/mol. The van der Waals surface area contributed by atoms with Crippen LogP contribution in [0.5, 0.6) is 0 Å². The number of rotatable bonds is 5. The van der Waals surface area contributed by atoms with Gasteiger partial charge < -0.3 is 9.80 Å². The second-order valence-corrected chi connectivity index (χ2v) is 10.2. The molecular formula is C23H26F3N3O3S. The predicted molar refractivity (Wildman–Crippen MR) is 118 cm³/mol. The molecule has 0 aromatic heterocycles. The molecular weight excluding hydrogens is 455 g/mol. The molecule has 2 aliphatic rings. The number of amides is 1. The zero-order valence-corrected chi connectivity index (χ0v) is 18.8. The van der Waals surface area contributed by atoms with Gasteiger partial charge in [-0.05, 0) is 81.2 Å². The summed E-state index contributed by atoms with van der Waals surface area (Å²) in [6.45, 7) is 3.48. The van der Waals surface area contributed by atoms with Crippen LogP contribution in [0.15, 0.2) is 53.4 Å². The summed E-state index contributed by atoms with van der Waals surface area (Å²) in [4.78, 5) is 17.1. The minimum atomic E-state index is -4.50. The summed E-state index contributed by atoms with van der Waals surface area (Å²) < 4.78 is 65.9. The van der Waals surface area contributed by atoms with Gasteiger partial charge in [0.1, 0.15) is 0 Å². The Balaban J connectivity index is 1.43. The molecule has 178 valence electrons. The van der Waals surface area contributed by atoms with E-state index in [1.54, 1.807) is 11.0 Å². The van der Waals surface area contributed by atoms with Crippen molar-refractivity contribution in [3.63, 3.8) is 0 Å². The van der Waals surface area contributed by atoms with Crippen LogP contribution < -0.4 is 4.72 Å². The fraction of sp³-hybridized carbons (Fsp3) is 0.435. The van der Waals surface area contributed by atoms with E-state index in [0.29, 0.717) is 19.1 Å². The molecule has 2 heterocycles. The number of alkyl halides is 3. The van der Waals surface area contributed by atoms with E-state index in [1.807, 2.05) is 0 Å². The molecule has 6 nitrogen and oxygen atoms in total. The number of carbonyl (C=O) groups is 1. The first kappa shape index (κ1) is 23.6. The molecule has 2 aromatic rings. The Morgan fingerprint density at radius 1 is 0.939 bits per heavy atom. The number of nitrogens with one attached hydrogen (secondary N) is 1. The molecule has 2 aromatic carbocycles. The number of hydrogen-bond donors (Lipinski definition) is 1. The van der Waals surface area contributed by atoms with Crippen LogP contribution in [0.4, 0.5) is 18.9 Å². The summed E-state index contributed by atoms with van der Waals surface area (Å²) in [5.74, 6) is -0.221. The molecule has 0 bridgehead atoms. The highest BCUT2D eigenvalue weighted by atomic mass is 32.2. The maximum atomic E-state index is 13.0. The number of benzene rings is 2. The Kier molecular flexibility index (Phi) is 6.67. The minimum Gasteiger partial charge on any atom is -0.339 e. The van der Waals surface area contributed by atoms with E-state index in [9.17, 15) is 26.4 Å². The van der Waals surface area contributed by atoms with E-state index in [2.05, 4.69) is 9.62 Å². The van der Waals surface area contributed by atoms with Crippen LogP contribution in [0.25, 0.3) is 0 Å². The molecule has 10 heteroatoms. The SMILES string of the molecule is O=C(c1cccc(S(=O)(=O)Nc2ccc(C(F)(F)F)cc2)c1)N1CCC(N2CCCC2)CC1. The number of sulfonamides is 1. The van der Waals surface area contributed by atoms with Crippen molar-refractivity contribution < 1.29 is 26.4 Å². The van der Waals surface area contributed by atoms with Gasteiger partial charge in [-0.3, -0.25) is 9.52 Å². The number of carbonyl (C=O) groups excluding carboxylic acids is 1. The van der Waals surface area contributed by atoms with Crippen LogP contribution in [0, 0.1) is 0 Å². The number of nitrogens with zero attached hydrogens (tertiary/aromatic N) is 2. The van der Waals surface area contributed by atoms with Crippen LogP contribution in [0.1, 0.15) is 41.6 Å². The van der Waals surface area contributed by atoms with Gasteiger partial charge in [0.2, 0.25) is 0 Å². The first-order valence-corrected chi connectivity index (χ1v) is 12.5. The molecule has 0 aliphatic carbocycles. The topological polar surface area (TPSA) is 69.7 Å². The molecule has 0 radical (unpaired) electrons. The molecule has 1 amide bonds. The molecule has 0 atom stereocenters. The number of hydrogen-bond acceptors (Lipinski definition) is 4. The lowest BCUT2D eigenvalue weighted by Gasteiger charge is -2.36. The fourth-order valence-corrected chi connectivity index (χ4v) is 5.57. The van der Waals surface area contributed by atoms with Crippen LogP contribution in [-0.4, -0.2) is 56.3 Å². The average Bonchev–Trinajstić information content (AvgIpc) is 3.33. The maximum Gasteiger partial charge on any atom is 0.416 e. The molecule has 0 spiro atoms. The highest BCUT2D eigenvalue weighted by molar-refractivity contribution is 7.92. The van der Waals surface area contributed by atoms with E-state index < -0.39 is 21.8 Å². The van der Waals surface area contributed by atoms with Gasteiger partial charge in [-0.15, -0.1) is 0 Å². The lowest BCUT2D eigenvalue weighted by molar-refractivity contribution is -0.137. The van der Waals surface area contributed by atoms with Crippen molar-refractivity contribution in [2.75, 3.05) is 30.9 Å². The molecule has 0 unspecified atom stereocenters. The van der Waals surface area contributed by atoms with Crippen molar-refractivity contribution in [1.29, 1.82) is 0 Å². The van der Waals surface area contributed by atoms with Gasteiger partial charge in [0.25, 0.3) is 15.9 Å². The fourth-order valence-electron chi connectivity index (χ4n) is 4.46. The maximum absolute atomic E-state index is 13.0. The summed E-state index contributed by atoms with van der Waals surface area (Å²) in [5.41, 5.74) is -0.597. The highest BCUT2D eigenvalue weighted by Gasteiger charge is 2.31.